The molecule has 4 heteroatoms. The van der Waals surface area contributed by atoms with Crippen LogP contribution in [0.3, 0.4) is 0 Å². The van der Waals surface area contributed by atoms with E-state index in [1.165, 1.54) is 37.7 Å². The fourth-order valence-corrected chi connectivity index (χ4v) is 3.74. The van der Waals surface area contributed by atoms with Crippen molar-refractivity contribution in [3.05, 3.63) is 35.4 Å². The molecule has 0 unspecified atom stereocenters. The average Bonchev–Trinajstić information content (AvgIpc) is 2.62. The summed E-state index contributed by atoms with van der Waals surface area (Å²) < 4.78 is 0. The molecule has 0 atom stereocenters. The van der Waals surface area contributed by atoms with Gasteiger partial charge >= 0.3 is 0 Å². The summed E-state index contributed by atoms with van der Waals surface area (Å²) in [4.78, 5) is 16.9. The van der Waals surface area contributed by atoms with Gasteiger partial charge in [0.2, 0.25) is 5.91 Å². The number of hydrogen-bond acceptors (Lipinski definition) is 3. The topological polar surface area (TPSA) is 43.8 Å². The average molecular weight is 326 g/mol. The number of benzene rings is 1. The van der Waals surface area contributed by atoms with Crippen LogP contribution in [-0.4, -0.2) is 53.1 Å². The van der Waals surface area contributed by atoms with Crippen LogP contribution in [0.1, 0.15) is 43.2 Å². The smallest absolute Gasteiger partial charge is 0.237 e. The fourth-order valence-electron chi connectivity index (χ4n) is 3.74. The molecule has 24 heavy (non-hydrogen) atoms. The summed E-state index contributed by atoms with van der Waals surface area (Å²) >= 11 is 0. The summed E-state index contributed by atoms with van der Waals surface area (Å²) in [6, 6.07) is 8.53. The first-order valence-electron chi connectivity index (χ1n) is 8.97. The van der Waals surface area contributed by atoms with Crippen LogP contribution < -0.4 is 0 Å². The van der Waals surface area contributed by atoms with Gasteiger partial charge in [0.15, 0.2) is 0 Å². The summed E-state index contributed by atoms with van der Waals surface area (Å²) in [5.41, 5.74) is 2.11. The first-order chi connectivity index (χ1) is 11.8. The summed E-state index contributed by atoms with van der Waals surface area (Å²) in [6.07, 6.45) is 6.22. The predicted octanol–water partition coefficient (Wildman–Crippen LogP) is 2.01. The molecule has 1 amide bonds. The highest BCUT2D eigenvalue weighted by atomic mass is 16.2. The van der Waals surface area contributed by atoms with Crippen LogP contribution in [0, 0.1) is 11.8 Å². The molecule has 0 radical (unpaired) electrons. The molecule has 1 N–H and O–H groups in total. The Bertz CT molecular complexity index is 609. The molecule has 128 valence electrons. The lowest BCUT2D eigenvalue weighted by Crippen LogP contribution is -2.54. The van der Waals surface area contributed by atoms with Gasteiger partial charge in [-0.15, -0.1) is 0 Å². The molecule has 2 fully saturated rings. The number of aliphatic hydroxyl groups is 1. The molecule has 1 aliphatic carbocycles. The van der Waals surface area contributed by atoms with Crippen molar-refractivity contribution in [3.63, 3.8) is 0 Å². The van der Waals surface area contributed by atoms with E-state index < -0.39 is 0 Å². The van der Waals surface area contributed by atoms with Gasteiger partial charge in [-0.2, -0.15) is 0 Å². The highest BCUT2D eigenvalue weighted by Crippen LogP contribution is 2.24. The van der Waals surface area contributed by atoms with Crippen LogP contribution in [0.4, 0.5) is 0 Å². The normalized spacial score (nSPS) is 19.9. The van der Waals surface area contributed by atoms with Gasteiger partial charge in [-0.1, -0.05) is 43.2 Å². The third-order valence-electron chi connectivity index (χ3n) is 5.02. The molecular formula is C20H26N2O2. The second kappa shape index (κ2) is 8.32. The summed E-state index contributed by atoms with van der Waals surface area (Å²) in [7, 11) is 0. The maximum atomic E-state index is 12.5. The zero-order valence-electron chi connectivity index (χ0n) is 14.2. The molecule has 0 aromatic heterocycles. The van der Waals surface area contributed by atoms with Crippen LogP contribution in [0.2, 0.25) is 0 Å². The van der Waals surface area contributed by atoms with E-state index >= 15 is 0 Å². The molecule has 1 saturated carbocycles. The Hall–Kier alpha value is -1.83. The third kappa shape index (κ3) is 4.37. The largest absolute Gasteiger partial charge is 0.384 e. The molecule has 1 aromatic carbocycles. The van der Waals surface area contributed by atoms with Crippen molar-refractivity contribution >= 4 is 5.91 Å². The van der Waals surface area contributed by atoms with Gasteiger partial charge < -0.3 is 10.0 Å². The SMILES string of the molecule is O=C1CN(Cc2ccc(C#CCO)cc2)CCN1C1CCCCC1. The minimum Gasteiger partial charge on any atom is -0.384 e. The van der Waals surface area contributed by atoms with Crippen LogP contribution in [-0.2, 0) is 11.3 Å². The summed E-state index contributed by atoms with van der Waals surface area (Å²) in [6.45, 7) is 3.04. The molecule has 2 aliphatic rings. The minimum atomic E-state index is -0.116. The molecule has 1 aliphatic heterocycles. The van der Waals surface area contributed by atoms with E-state index in [2.05, 4.69) is 33.8 Å². The Morgan fingerprint density at radius 2 is 1.83 bits per heavy atom. The molecule has 1 heterocycles. The highest BCUT2D eigenvalue weighted by Gasteiger charge is 2.30. The molecule has 1 saturated heterocycles. The van der Waals surface area contributed by atoms with E-state index in [0.29, 0.717) is 18.5 Å². The second-order valence-electron chi connectivity index (χ2n) is 6.75. The lowest BCUT2D eigenvalue weighted by Gasteiger charge is -2.40. The number of rotatable bonds is 3. The van der Waals surface area contributed by atoms with Gasteiger partial charge in [-0.3, -0.25) is 9.69 Å². The lowest BCUT2D eigenvalue weighted by molar-refractivity contribution is -0.139. The van der Waals surface area contributed by atoms with Crippen molar-refractivity contribution in [2.45, 2.75) is 44.7 Å². The number of hydrogen-bond donors (Lipinski definition) is 1. The van der Waals surface area contributed by atoms with Gasteiger partial charge in [0.05, 0.1) is 6.54 Å². The summed E-state index contributed by atoms with van der Waals surface area (Å²) in [5, 5.41) is 8.72. The van der Waals surface area contributed by atoms with E-state index in [-0.39, 0.29) is 6.61 Å². The van der Waals surface area contributed by atoms with Crippen molar-refractivity contribution in [1.82, 2.24) is 9.80 Å². The quantitative estimate of drug-likeness (QED) is 0.864. The van der Waals surface area contributed by atoms with Gasteiger partial charge in [-0.25, -0.2) is 0 Å². The van der Waals surface area contributed by atoms with Gasteiger partial charge in [0.1, 0.15) is 6.61 Å². The van der Waals surface area contributed by atoms with E-state index in [0.717, 1.165) is 25.2 Å². The number of carbonyl (C=O) groups excluding carboxylic acids is 1. The third-order valence-corrected chi connectivity index (χ3v) is 5.02. The molecule has 4 nitrogen and oxygen atoms in total. The molecule has 0 spiro atoms. The maximum Gasteiger partial charge on any atom is 0.237 e. The Morgan fingerprint density at radius 3 is 2.50 bits per heavy atom. The molecular weight excluding hydrogens is 300 g/mol. The van der Waals surface area contributed by atoms with Crippen LogP contribution in [0.25, 0.3) is 0 Å². The van der Waals surface area contributed by atoms with E-state index in [4.69, 9.17) is 5.11 Å². The van der Waals surface area contributed by atoms with Crippen molar-refractivity contribution in [2.24, 2.45) is 0 Å². The Balaban J connectivity index is 1.53. The monoisotopic (exact) mass is 326 g/mol. The number of piperazine rings is 1. The van der Waals surface area contributed by atoms with E-state index in [9.17, 15) is 4.79 Å². The fraction of sp³-hybridized carbons (Fsp3) is 0.550. The minimum absolute atomic E-state index is 0.116. The first-order valence-corrected chi connectivity index (χ1v) is 8.97. The van der Waals surface area contributed by atoms with Gasteiger partial charge in [0, 0.05) is 31.2 Å². The second-order valence-corrected chi connectivity index (χ2v) is 6.75. The van der Waals surface area contributed by atoms with E-state index in [1.807, 2.05) is 12.1 Å². The van der Waals surface area contributed by atoms with E-state index in [1.54, 1.807) is 0 Å². The molecule has 1 aromatic rings. The number of aliphatic hydroxyl groups excluding tert-OH is 1. The Morgan fingerprint density at radius 1 is 1.08 bits per heavy atom. The predicted molar refractivity (Wildman–Crippen MR) is 94.3 cm³/mol. The number of nitrogens with zero attached hydrogens (tertiary/aromatic N) is 2. The summed E-state index contributed by atoms with van der Waals surface area (Å²) in [5.74, 6) is 5.84. The highest BCUT2D eigenvalue weighted by molar-refractivity contribution is 5.79. The standard InChI is InChI=1S/C20H26N2O2/c23-14-4-5-17-8-10-18(11-9-17)15-21-12-13-22(20(24)16-21)19-6-2-1-3-7-19/h8-11,19,23H,1-3,6-7,12-16H2. The molecule has 0 bridgehead atoms. The Kier molecular flexibility index (Phi) is 5.90. The number of amides is 1. The van der Waals surface area contributed by atoms with Crippen LogP contribution >= 0.6 is 0 Å². The zero-order valence-corrected chi connectivity index (χ0v) is 14.2. The number of carbonyl (C=O) groups is 1. The van der Waals surface area contributed by atoms with Crippen molar-refractivity contribution in [3.8, 4) is 11.8 Å². The van der Waals surface area contributed by atoms with Crippen molar-refractivity contribution in [1.29, 1.82) is 0 Å². The van der Waals surface area contributed by atoms with Crippen molar-refractivity contribution < 1.29 is 9.90 Å². The van der Waals surface area contributed by atoms with Crippen LogP contribution in [0.15, 0.2) is 24.3 Å². The van der Waals surface area contributed by atoms with Crippen LogP contribution in [0.5, 0.6) is 0 Å². The zero-order chi connectivity index (χ0) is 16.8. The van der Waals surface area contributed by atoms with Crippen molar-refractivity contribution in [2.75, 3.05) is 26.2 Å². The lowest BCUT2D eigenvalue weighted by atomic mass is 9.93. The first kappa shape index (κ1) is 17.0. The molecule has 3 rings (SSSR count). The Labute approximate surface area is 144 Å². The maximum absolute atomic E-state index is 12.5. The van der Waals surface area contributed by atoms with Gasteiger partial charge in [-0.05, 0) is 30.5 Å². The van der Waals surface area contributed by atoms with Gasteiger partial charge in [0.25, 0.3) is 0 Å².